The lowest BCUT2D eigenvalue weighted by Crippen LogP contribution is -1.88. The van der Waals surface area contributed by atoms with Gasteiger partial charge in [0.1, 0.15) is 0 Å². The van der Waals surface area contributed by atoms with E-state index in [0.717, 1.165) is 0 Å². The standard InChI is InChI=1S/C8H8IN/c9-7-1-3-8(4-2-7)10-5-6-10/h1-4H,5-6H2. The van der Waals surface area contributed by atoms with Crippen LogP contribution in [0.15, 0.2) is 24.3 Å². The molecule has 1 aliphatic heterocycles. The SMILES string of the molecule is Ic1ccc(N2CC2)cc1. The van der Waals surface area contributed by atoms with E-state index in [0.29, 0.717) is 0 Å². The van der Waals surface area contributed by atoms with E-state index in [1.54, 1.807) is 0 Å². The summed E-state index contributed by atoms with van der Waals surface area (Å²) < 4.78 is 1.31. The van der Waals surface area contributed by atoms with Gasteiger partial charge >= 0.3 is 0 Å². The molecular weight excluding hydrogens is 237 g/mol. The van der Waals surface area contributed by atoms with Crippen molar-refractivity contribution < 1.29 is 0 Å². The molecule has 0 aromatic heterocycles. The molecule has 1 heterocycles. The molecule has 0 atom stereocenters. The maximum atomic E-state index is 2.34. The van der Waals surface area contributed by atoms with Crippen LogP contribution in [0.25, 0.3) is 0 Å². The zero-order valence-corrected chi connectivity index (χ0v) is 7.71. The van der Waals surface area contributed by atoms with Crippen molar-refractivity contribution in [3.8, 4) is 0 Å². The monoisotopic (exact) mass is 245 g/mol. The van der Waals surface area contributed by atoms with Crippen molar-refractivity contribution in [3.05, 3.63) is 27.8 Å². The van der Waals surface area contributed by atoms with Crippen LogP contribution in [0.5, 0.6) is 0 Å². The average Bonchev–Trinajstić information content (AvgIpc) is 2.71. The van der Waals surface area contributed by atoms with E-state index in [1.807, 2.05) is 0 Å². The fourth-order valence-electron chi connectivity index (χ4n) is 0.960. The third-order valence-electron chi connectivity index (χ3n) is 1.64. The molecule has 10 heavy (non-hydrogen) atoms. The van der Waals surface area contributed by atoms with E-state index >= 15 is 0 Å². The van der Waals surface area contributed by atoms with Crippen molar-refractivity contribution in [1.82, 2.24) is 0 Å². The Hall–Kier alpha value is -0.250. The molecule has 1 aliphatic rings. The van der Waals surface area contributed by atoms with Gasteiger partial charge in [-0.15, -0.1) is 0 Å². The van der Waals surface area contributed by atoms with Gasteiger partial charge in [-0.25, -0.2) is 0 Å². The minimum absolute atomic E-state index is 1.24. The highest BCUT2D eigenvalue weighted by Crippen LogP contribution is 2.21. The van der Waals surface area contributed by atoms with Gasteiger partial charge in [0, 0.05) is 22.3 Å². The van der Waals surface area contributed by atoms with Crippen molar-refractivity contribution in [2.45, 2.75) is 0 Å². The van der Waals surface area contributed by atoms with Gasteiger partial charge < -0.3 is 4.90 Å². The first-order valence-electron chi connectivity index (χ1n) is 3.37. The van der Waals surface area contributed by atoms with Crippen LogP contribution in [-0.4, -0.2) is 13.1 Å². The molecule has 0 saturated carbocycles. The maximum Gasteiger partial charge on any atom is 0.0368 e. The minimum Gasteiger partial charge on any atom is -0.368 e. The summed E-state index contributed by atoms with van der Waals surface area (Å²) in [6, 6.07) is 8.64. The molecule has 0 unspecified atom stereocenters. The summed E-state index contributed by atoms with van der Waals surface area (Å²) in [4.78, 5) is 2.34. The number of halogens is 1. The van der Waals surface area contributed by atoms with Crippen molar-refractivity contribution in [2.24, 2.45) is 0 Å². The molecule has 52 valence electrons. The van der Waals surface area contributed by atoms with Crippen molar-refractivity contribution in [1.29, 1.82) is 0 Å². The minimum atomic E-state index is 1.24. The van der Waals surface area contributed by atoms with E-state index in [4.69, 9.17) is 0 Å². The first-order chi connectivity index (χ1) is 4.86. The van der Waals surface area contributed by atoms with E-state index in [1.165, 1.54) is 22.3 Å². The van der Waals surface area contributed by atoms with E-state index < -0.39 is 0 Å². The zero-order valence-electron chi connectivity index (χ0n) is 5.55. The van der Waals surface area contributed by atoms with Gasteiger partial charge in [-0.3, -0.25) is 0 Å². The Labute approximate surface area is 74.2 Å². The third-order valence-corrected chi connectivity index (χ3v) is 2.36. The Morgan fingerprint density at radius 2 is 1.70 bits per heavy atom. The molecule has 2 rings (SSSR count). The Balaban J connectivity index is 2.28. The van der Waals surface area contributed by atoms with Crippen LogP contribution >= 0.6 is 22.6 Å². The lowest BCUT2D eigenvalue weighted by Gasteiger charge is -2.00. The average molecular weight is 245 g/mol. The van der Waals surface area contributed by atoms with Gasteiger partial charge in [0.05, 0.1) is 0 Å². The van der Waals surface area contributed by atoms with Crippen LogP contribution in [0.3, 0.4) is 0 Å². The smallest absolute Gasteiger partial charge is 0.0368 e. The van der Waals surface area contributed by atoms with Gasteiger partial charge in [-0.1, -0.05) is 0 Å². The normalized spacial score (nSPS) is 15.5. The summed E-state index contributed by atoms with van der Waals surface area (Å²) in [5.74, 6) is 0. The Morgan fingerprint density at radius 1 is 1.10 bits per heavy atom. The van der Waals surface area contributed by atoms with Gasteiger partial charge in [-0.05, 0) is 46.9 Å². The third kappa shape index (κ3) is 1.26. The lowest BCUT2D eigenvalue weighted by molar-refractivity contribution is 1.39. The zero-order chi connectivity index (χ0) is 6.97. The lowest BCUT2D eigenvalue weighted by atomic mass is 10.3. The van der Waals surface area contributed by atoms with Crippen LogP contribution < -0.4 is 4.90 Å². The quantitative estimate of drug-likeness (QED) is 0.541. The Kier molecular flexibility index (Phi) is 1.56. The molecule has 1 aromatic carbocycles. The first-order valence-corrected chi connectivity index (χ1v) is 4.45. The second-order valence-corrected chi connectivity index (χ2v) is 3.71. The number of hydrogen-bond donors (Lipinski definition) is 0. The summed E-state index contributed by atoms with van der Waals surface area (Å²) in [6.45, 7) is 2.47. The molecular formula is C8H8IN. The van der Waals surface area contributed by atoms with Crippen LogP contribution in [0, 0.1) is 3.57 Å². The Bertz CT molecular complexity index is 226. The van der Waals surface area contributed by atoms with Crippen LogP contribution in [0.4, 0.5) is 5.69 Å². The summed E-state index contributed by atoms with van der Waals surface area (Å²) in [5.41, 5.74) is 1.36. The van der Waals surface area contributed by atoms with Crippen LogP contribution in [0.1, 0.15) is 0 Å². The second kappa shape index (κ2) is 2.42. The van der Waals surface area contributed by atoms with Gasteiger partial charge in [0.15, 0.2) is 0 Å². The first kappa shape index (κ1) is 6.46. The van der Waals surface area contributed by atoms with Gasteiger partial charge in [-0.2, -0.15) is 0 Å². The molecule has 0 amide bonds. The highest BCUT2D eigenvalue weighted by molar-refractivity contribution is 14.1. The molecule has 0 spiro atoms. The predicted molar refractivity (Wildman–Crippen MR) is 51.4 cm³/mol. The van der Waals surface area contributed by atoms with Crippen LogP contribution in [-0.2, 0) is 0 Å². The molecule has 1 fully saturated rings. The summed E-state index contributed by atoms with van der Waals surface area (Å²) in [6.07, 6.45) is 0. The summed E-state index contributed by atoms with van der Waals surface area (Å²) in [5, 5.41) is 0. The molecule has 0 N–H and O–H groups in total. The number of hydrogen-bond acceptors (Lipinski definition) is 1. The van der Waals surface area contributed by atoms with Crippen molar-refractivity contribution in [2.75, 3.05) is 18.0 Å². The number of benzene rings is 1. The highest BCUT2D eigenvalue weighted by atomic mass is 127. The summed E-state index contributed by atoms with van der Waals surface area (Å²) in [7, 11) is 0. The van der Waals surface area contributed by atoms with E-state index in [9.17, 15) is 0 Å². The topological polar surface area (TPSA) is 3.01 Å². The summed E-state index contributed by atoms with van der Waals surface area (Å²) >= 11 is 2.32. The van der Waals surface area contributed by atoms with E-state index in [2.05, 4.69) is 51.8 Å². The van der Waals surface area contributed by atoms with E-state index in [-0.39, 0.29) is 0 Å². The molecule has 1 saturated heterocycles. The van der Waals surface area contributed by atoms with Crippen molar-refractivity contribution >= 4 is 28.3 Å². The second-order valence-electron chi connectivity index (χ2n) is 2.46. The predicted octanol–water partition coefficient (Wildman–Crippen LogP) is 2.11. The van der Waals surface area contributed by atoms with Crippen molar-refractivity contribution in [3.63, 3.8) is 0 Å². The maximum absolute atomic E-state index is 2.34. The fourth-order valence-corrected chi connectivity index (χ4v) is 1.32. The molecule has 1 nitrogen and oxygen atoms in total. The van der Waals surface area contributed by atoms with Crippen LogP contribution in [0.2, 0.25) is 0 Å². The Morgan fingerprint density at radius 3 is 2.20 bits per heavy atom. The highest BCUT2D eigenvalue weighted by Gasteiger charge is 2.16. The molecule has 0 aliphatic carbocycles. The molecule has 0 radical (unpaired) electrons. The number of rotatable bonds is 1. The fraction of sp³-hybridized carbons (Fsp3) is 0.250. The molecule has 1 aromatic rings. The van der Waals surface area contributed by atoms with Gasteiger partial charge in [0.2, 0.25) is 0 Å². The largest absolute Gasteiger partial charge is 0.368 e. The number of nitrogens with zero attached hydrogens (tertiary/aromatic N) is 1. The molecule has 2 heteroatoms. The molecule has 0 bridgehead atoms. The number of anilines is 1. The van der Waals surface area contributed by atoms with Gasteiger partial charge in [0.25, 0.3) is 0 Å².